The first-order chi connectivity index (χ1) is 15.5. The number of nitrogens with zero attached hydrogens (tertiary/aromatic N) is 1. The van der Waals surface area contributed by atoms with Crippen molar-refractivity contribution in [2.45, 2.75) is 31.5 Å². The summed E-state index contributed by atoms with van der Waals surface area (Å²) >= 11 is 0. The minimum atomic E-state index is -4.64. The van der Waals surface area contributed by atoms with Gasteiger partial charge in [-0.2, -0.15) is 25.9 Å². The Hall–Kier alpha value is -3.00. The Morgan fingerprint density at radius 3 is 2.45 bits per heavy atom. The molecule has 13 heteroatoms. The van der Waals surface area contributed by atoms with Gasteiger partial charge in [-0.15, -0.1) is 0 Å². The highest BCUT2D eigenvalue weighted by Crippen LogP contribution is 2.30. The Balaban J connectivity index is 1.74. The second-order valence-electron chi connectivity index (χ2n) is 7.18. The lowest BCUT2D eigenvalue weighted by atomic mass is 10.1. The highest BCUT2D eigenvalue weighted by atomic mass is 32.2. The third-order valence-electron chi connectivity index (χ3n) is 4.72. The number of carbonyl (C=O) groups is 2. The standard InChI is InChI=1S/C20H20F3N3O6S/c21-20(22,23)15-8-4-7-14(9-15)10-26-17(18(27)25-33(26,30)31)24-16(19(28)29)12-32-11-13-5-2-1-3-6-13/h1-9,16-17,24H,10-12H2,(H,25,27)(H,28,29)/t16-,17+/m0/s1. The number of alkyl halides is 3. The van der Waals surface area contributed by atoms with Crippen LogP contribution in [0.3, 0.4) is 0 Å². The molecule has 0 aliphatic carbocycles. The summed E-state index contributed by atoms with van der Waals surface area (Å²) in [7, 11) is -4.41. The van der Waals surface area contributed by atoms with Crippen LogP contribution >= 0.6 is 0 Å². The molecule has 1 heterocycles. The molecule has 33 heavy (non-hydrogen) atoms. The zero-order valence-corrected chi connectivity index (χ0v) is 17.8. The molecular weight excluding hydrogens is 467 g/mol. The van der Waals surface area contributed by atoms with Crippen LogP contribution in [0.15, 0.2) is 54.6 Å². The molecule has 2 atom stereocenters. The van der Waals surface area contributed by atoms with E-state index in [0.29, 0.717) is 4.31 Å². The summed E-state index contributed by atoms with van der Waals surface area (Å²) in [5.74, 6) is -2.46. The van der Waals surface area contributed by atoms with E-state index < -0.39 is 59.2 Å². The van der Waals surface area contributed by atoms with Crippen molar-refractivity contribution in [3.63, 3.8) is 0 Å². The fourth-order valence-corrected chi connectivity index (χ4v) is 4.36. The van der Waals surface area contributed by atoms with Crippen molar-refractivity contribution >= 4 is 22.1 Å². The summed E-state index contributed by atoms with van der Waals surface area (Å²) in [6.45, 7) is -0.916. The van der Waals surface area contributed by atoms with Gasteiger partial charge in [0.1, 0.15) is 6.04 Å². The van der Waals surface area contributed by atoms with Crippen molar-refractivity contribution in [2.24, 2.45) is 0 Å². The fraction of sp³-hybridized carbons (Fsp3) is 0.300. The monoisotopic (exact) mass is 487 g/mol. The third-order valence-corrected chi connectivity index (χ3v) is 6.14. The van der Waals surface area contributed by atoms with Gasteiger partial charge in [0.25, 0.3) is 5.91 Å². The van der Waals surface area contributed by atoms with Crippen molar-refractivity contribution in [2.75, 3.05) is 6.61 Å². The molecule has 1 amide bonds. The molecule has 1 saturated heterocycles. The van der Waals surface area contributed by atoms with Gasteiger partial charge in [0.05, 0.1) is 18.8 Å². The molecule has 3 N–H and O–H groups in total. The molecule has 0 saturated carbocycles. The zero-order chi connectivity index (χ0) is 24.2. The minimum Gasteiger partial charge on any atom is -0.480 e. The lowest BCUT2D eigenvalue weighted by molar-refractivity contribution is -0.142. The van der Waals surface area contributed by atoms with Gasteiger partial charge in [-0.25, -0.2) is 4.72 Å². The molecule has 0 radical (unpaired) electrons. The SMILES string of the molecule is O=C(O)[C@H](COCc1ccccc1)N[C@H]1C(=O)NS(=O)(=O)N1Cc1cccc(C(F)(F)F)c1. The van der Waals surface area contributed by atoms with Gasteiger partial charge < -0.3 is 9.84 Å². The highest BCUT2D eigenvalue weighted by Gasteiger charge is 2.45. The second kappa shape index (κ2) is 9.87. The number of carboxylic acid groups (broad SMARTS) is 1. The smallest absolute Gasteiger partial charge is 0.416 e. The van der Waals surface area contributed by atoms with Gasteiger partial charge >= 0.3 is 22.4 Å². The summed E-state index contributed by atoms with van der Waals surface area (Å²) in [6.07, 6.45) is -6.30. The van der Waals surface area contributed by atoms with Crippen LogP contribution in [0.25, 0.3) is 0 Å². The van der Waals surface area contributed by atoms with Crippen molar-refractivity contribution < 1.29 is 41.0 Å². The normalized spacial score (nSPS) is 19.2. The van der Waals surface area contributed by atoms with Crippen molar-refractivity contribution in [1.82, 2.24) is 14.3 Å². The van der Waals surface area contributed by atoms with Crippen LogP contribution in [0, 0.1) is 0 Å². The first-order valence-electron chi connectivity index (χ1n) is 9.57. The first-order valence-corrected chi connectivity index (χ1v) is 11.0. The maximum atomic E-state index is 13.0. The summed E-state index contributed by atoms with van der Waals surface area (Å²) in [6, 6.07) is 11.3. The molecule has 0 unspecified atom stereocenters. The van der Waals surface area contributed by atoms with Crippen LogP contribution in [0.1, 0.15) is 16.7 Å². The van der Waals surface area contributed by atoms with E-state index in [0.717, 1.165) is 23.8 Å². The van der Waals surface area contributed by atoms with E-state index in [1.807, 2.05) is 0 Å². The number of aliphatic carboxylic acids is 1. The van der Waals surface area contributed by atoms with Gasteiger partial charge in [0.15, 0.2) is 6.17 Å². The van der Waals surface area contributed by atoms with Crippen LogP contribution in [0.2, 0.25) is 0 Å². The summed E-state index contributed by atoms with van der Waals surface area (Å²) in [4.78, 5) is 23.9. The number of halogens is 3. The average Bonchev–Trinajstić information content (AvgIpc) is 2.95. The van der Waals surface area contributed by atoms with Crippen LogP contribution in [-0.2, 0) is 43.9 Å². The van der Waals surface area contributed by atoms with Crippen LogP contribution in [-0.4, -0.2) is 48.5 Å². The molecule has 178 valence electrons. The predicted octanol–water partition coefficient (Wildman–Crippen LogP) is 1.47. The molecule has 1 fully saturated rings. The van der Waals surface area contributed by atoms with Gasteiger partial charge in [-0.05, 0) is 17.2 Å². The van der Waals surface area contributed by atoms with Gasteiger partial charge in [0, 0.05) is 6.54 Å². The molecule has 9 nitrogen and oxygen atoms in total. The van der Waals surface area contributed by atoms with E-state index in [2.05, 4.69) is 5.32 Å². The number of benzene rings is 2. The summed E-state index contributed by atoms with van der Waals surface area (Å²) in [5, 5.41) is 11.9. The van der Waals surface area contributed by atoms with Gasteiger partial charge in [0.2, 0.25) is 0 Å². The molecule has 0 bridgehead atoms. The molecule has 0 aromatic heterocycles. The molecule has 2 aromatic rings. The molecule has 1 aliphatic rings. The average molecular weight is 487 g/mol. The zero-order valence-electron chi connectivity index (χ0n) is 16.9. The van der Waals surface area contributed by atoms with Crippen LogP contribution < -0.4 is 10.0 Å². The largest absolute Gasteiger partial charge is 0.480 e. The van der Waals surface area contributed by atoms with E-state index >= 15 is 0 Å². The number of amides is 1. The molecule has 3 rings (SSSR count). The van der Waals surface area contributed by atoms with Gasteiger partial charge in [-0.1, -0.05) is 48.5 Å². The summed E-state index contributed by atoms with van der Waals surface area (Å²) < 4.78 is 71.4. The van der Waals surface area contributed by atoms with Crippen LogP contribution in [0.5, 0.6) is 0 Å². The molecule has 0 spiro atoms. The van der Waals surface area contributed by atoms with E-state index in [9.17, 15) is 36.3 Å². The Morgan fingerprint density at radius 2 is 1.82 bits per heavy atom. The lowest BCUT2D eigenvalue weighted by Gasteiger charge is -2.24. The van der Waals surface area contributed by atoms with Gasteiger partial charge in [-0.3, -0.25) is 14.9 Å². The number of rotatable bonds is 9. The van der Waals surface area contributed by atoms with E-state index in [4.69, 9.17) is 4.74 Å². The van der Waals surface area contributed by atoms with Crippen molar-refractivity contribution in [1.29, 1.82) is 0 Å². The van der Waals surface area contributed by atoms with E-state index in [1.165, 1.54) is 6.07 Å². The fourth-order valence-electron chi connectivity index (χ4n) is 3.12. The molecule has 1 aliphatic heterocycles. The maximum absolute atomic E-state index is 13.0. The number of carbonyl (C=O) groups excluding carboxylic acids is 1. The Morgan fingerprint density at radius 1 is 1.15 bits per heavy atom. The number of hydrogen-bond acceptors (Lipinski definition) is 6. The Labute approximate surface area is 187 Å². The first kappa shape index (κ1) is 24.6. The quantitative estimate of drug-likeness (QED) is 0.489. The lowest BCUT2D eigenvalue weighted by Crippen LogP contribution is -2.54. The number of hydrogen-bond donors (Lipinski definition) is 3. The topological polar surface area (TPSA) is 125 Å². The maximum Gasteiger partial charge on any atom is 0.416 e. The molecular formula is C20H20F3N3O6S. The van der Waals surface area contributed by atoms with Crippen molar-refractivity contribution in [3.8, 4) is 0 Å². The minimum absolute atomic E-state index is 0.0381. The van der Waals surface area contributed by atoms with Crippen LogP contribution in [0.4, 0.5) is 13.2 Å². The number of ether oxygens (including phenoxy) is 1. The Kier molecular flexibility index (Phi) is 7.37. The van der Waals surface area contributed by atoms with E-state index in [-0.39, 0.29) is 12.2 Å². The number of nitrogens with one attached hydrogen (secondary N) is 2. The van der Waals surface area contributed by atoms with E-state index in [1.54, 1.807) is 35.1 Å². The molecule has 2 aromatic carbocycles. The number of carboxylic acids is 1. The van der Waals surface area contributed by atoms with Crippen molar-refractivity contribution in [3.05, 3.63) is 71.3 Å². The second-order valence-corrected chi connectivity index (χ2v) is 8.80. The predicted molar refractivity (Wildman–Crippen MR) is 108 cm³/mol. The summed E-state index contributed by atoms with van der Waals surface area (Å²) in [5.41, 5.74) is -0.254. The Bertz CT molecular complexity index is 1110. The third kappa shape index (κ3) is 6.28. The highest BCUT2D eigenvalue weighted by molar-refractivity contribution is 7.88.